The van der Waals surface area contributed by atoms with Gasteiger partial charge in [-0.25, -0.2) is 8.42 Å². The van der Waals surface area contributed by atoms with E-state index in [1.165, 1.54) is 25.7 Å². The number of benzene rings is 1. The molecule has 3 aliphatic carbocycles. The molecule has 0 spiro atoms. The number of likely N-dealkylation sites (tertiary alicyclic amines) is 1. The zero-order chi connectivity index (χ0) is 24.1. The van der Waals surface area contributed by atoms with Crippen LogP contribution in [0.25, 0.3) is 0 Å². The van der Waals surface area contributed by atoms with Crippen molar-refractivity contribution in [3.05, 3.63) is 35.9 Å². The van der Waals surface area contributed by atoms with Crippen LogP contribution in [0, 0.1) is 22.7 Å². The second-order valence-corrected chi connectivity index (χ2v) is 12.9. The normalized spacial score (nSPS) is 39.5. The Labute approximate surface area is 198 Å². The molecule has 2 bridgehead atoms. The van der Waals surface area contributed by atoms with E-state index in [0.717, 1.165) is 24.9 Å². The average molecular weight is 478 g/mol. The molecular weight excluding hydrogens is 438 g/mol. The van der Waals surface area contributed by atoms with Gasteiger partial charge in [-0.2, -0.15) is 0 Å². The molecule has 1 aromatic rings. The Morgan fingerprint density at radius 2 is 1.76 bits per heavy atom. The maximum absolute atomic E-state index is 11.8. The van der Waals surface area contributed by atoms with Gasteiger partial charge in [-0.15, -0.1) is 0 Å². The van der Waals surface area contributed by atoms with E-state index in [1.54, 1.807) is 4.90 Å². The molecular formula is C26H39NO5S. The molecule has 4 unspecified atom stereocenters. The minimum Gasteiger partial charge on any atom is -0.748 e. The van der Waals surface area contributed by atoms with E-state index in [1.807, 2.05) is 19.9 Å². The Morgan fingerprint density at radius 1 is 1.09 bits per heavy atom. The number of ketones is 1. The monoisotopic (exact) mass is 477 g/mol. The summed E-state index contributed by atoms with van der Waals surface area (Å²) in [5.41, 5.74) is -0.666. The molecule has 3 saturated carbocycles. The number of piperidine rings is 1. The lowest BCUT2D eigenvalue weighted by atomic mass is 9.66. The predicted octanol–water partition coefficient (Wildman–Crippen LogP) is 2.28. The Balaban J connectivity index is 0.000000160. The maximum Gasteiger partial charge on any atom is 0.140 e. The molecule has 0 amide bonds. The highest BCUT2D eigenvalue weighted by Crippen LogP contribution is 2.64. The summed E-state index contributed by atoms with van der Waals surface area (Å²) < 4.78 is 32.7. The van der Waals surface area contributed by atoms with E-state index < -0.39 is 26.9 Å². The Bertz CT molecular complexity index is 978. The van der Waals surface area contributed by atoms with Crippen molar-refractivity contribution in [3.8, 4) is 0 Å². The molecule has 1 heterocycles. The molecule has 6 atom stereocenters. The van der Waals surface area contributed by atoms with E-state index in [4.69, 9.17) is 0 Å². The first-order chi connectivity index (χ1) is 15.4. The first kappa shape index (κ1) is 24.8. The number of carbonyl (C=O) groups is 1. The van der Waals surface area contributed by atoms with Crippen molar-refractivity contribution in [3.63, 3.8) is 0 Å². The summed E-state index contributed by atoms with van der Waals surface area (Å²) in [6.45, 7) is 4.92. The van der Waals surface area contributed by atoms with Crippen molar-refractivity contribution >= 4 is 15.9 Å². The number of rotatable bonds is 3. The first-order valence-electron chi connectivity index (χ1n) is 12.5. The van der Waals surface area contributed by atoms with Crippen molar-refractivity contribution in [2.45, 2.75) is 76.9 Å². The summed E-state index contributed by atoms with van der Waals surface area (Å²) in [5, 5.41) is 11.2. The Morgan fingerprint density at radius 3 is 2.33 bits per heavy atom. The molecule has 4 aliphatic rings. The SMILES string of the molecule is CC1(C)C2CCC1(CS(=O)(=O)[O-])C(=O)C2.C[NH+]1CCC(O)(c2ccccc2)[C@H]2CCCC[C@@H]21. The van der Waals surface area contributed by atoms with Gasteiger partial charge in [0.1, 0.15) is 11.4 Å². The molecule has 6 nitrogen and oxygen atoms in total. The molecule has 7 heteroatoms. The second-order valence-electron chi connectivity index (χ2n) is 11.5. The lowest BCUT2D eigenvalue weighted by Gasteiger charge is -2.49. The second kappa shape index (κ2) is 8.74. The number of fused-ring (bicyclic) bond motifs is 3. The Kier molecular flexibility index (Phi) is 6.58. The minimum absolute atomic E-state index is 0.0248. The highest BCUT2D eigenvalue weighted by atomic mass is 32.2. The third-order valence-electron chi connectivity index (χ3n) is 9.75. The zero-order valence-corrected chi connectivity index (χ0v) is 21.0. The highest BCUT2D eigenvalue weighted by molar-refractivity contribution is 7.85. The van der Waals surface area contributed by atoms with Crippen LogP contribution in [0.5, 0.6) is 0 Å². The van der Waals surface area contributed by atoms with E-state index in [9.17, 15) is 22.9 Å². The fourth-order valence-electron chi connectivity index (χ4n) is 7.55. The van der Waals surface area contributed by atoms with Crippen molar-refractivity contribution in [2.24, 2.45) is 22.7 Å². The number of carbonyl (C=O) groups excluding carboxylic acids is 1. The third kappa shape index (κ3) is 4.30. The van der Waals surface area contributed by atoms with Gasteiger partial charge in [-0.3, -0.25) is 4.79 Å². The number of Topliss-reactive ketones (excluding diaryl/α,β-unsaturated/α-hetero) is 1. The van der Waals surface area contributed by atoms with Crippen molar-refractivity contribution in [1.82, 2.24) is 0 Å². The minimum atomic E-state index is -4.33. The Hall–Kier alpha value is -1.28. The molecule has 2 N–H and O–H groups in total. The predicted molar refractivity (Wildman–Crippen MR) is 126 cm³/mol. The average Bonchev–Trinajstić information content (AvgIpc) is 3.11. The largest absolute Gasteiger partial charge is 0.748 e. The zero-order valence-electron chi connectivity index (χ0n) is 20.2. The van der Waals surface area contributed by atoms with Gasteiger partial charge in [-0.1, -0.05) is 50.6 Å². The number of aliphatic hydroxyl groups is 1. The van der Waals surface area contributed by atoms with Crippen LogP contribution in [0.4, 0.5) is 0 Å². The van der Waals surface area contributed by atoms with Crippen LogP contribution in [0.2, 0.25) is 0 Å². The van der Waals surface area contributed by atoms with Crippen LogP contribution in [0.15, 0.2) is 30.3 Å². The number of nitrogens with one attached hydrogen (secondary N) is 1. The first-order valence-corrected chi connectivity index (χ1v) is 14.1. The van der Waals surface area contributed by atoms with E-state index >= 15 is 0 Å². The van der Waals surface area contributed by atoms with Gasteiger partial charge in [0.2, 0.25) is 0 Å². The quantitative estimate of drug-likeness (QED) is 0.651. The van der Waals surface area contributed by atoms with Crippen LogP contribution in [0.3, 0.4) is 0 Å². The highest BCUT2D eigenvalue weighted by Gasteiger charge is 2.64. The fraction of sp³-hybridized carbons (Fsp3) is 0.731. The number of hydrogen-bond acceptors (Lipinski definition) is 5. The lowest BCUT2D eigenvalue weighted by Crippen LogP contribution is -3.16. The number of hydrogen-bond donors (Lipinski definition) is 2. The lowest BCUT2D eigenvalue weighted by molar-refractivity contribution is -0.921. The van der Waals surface area contributed by atoms with Gasteiger partial charge in [0.15, 0.2) is 0 Å². The summed E-state index contributed by atoms with van der Waals surface area (Å²) in [6, 6.07) is 11.0. The molecule has 4 fully saturated rings. The van der Waals surface area contributed by atoms with Gasteiger partial charge >= 0.3 is 0 Å². The summed E-state index contributed by atoms with van der Waals surface area (Å²) in [4.78, 5) is 13.5. The molecule has 0 aromatic heterocycles. The smallest absolute Gasteiger partial charge is 0.140 e. The standard InChI is InChI=1S/C16H23NO.C10H16O4S/c1-17-12-11-16(18,13-7-3-2-4-8-13)14-9-5-6-10-15(14)17;1-9(2)7-3-4-10(9,8(11)5-7)6-15(12,13)14/h2-4,7-8,14-15,18H,5-6,9-12H2,1H3;7H,3-6H2,1-2H3,(H,12,13,14)/t14-,15-,16?;/m0./s1. The fourth-order valence-corrected chi connectivity index (χ4v) is 8.83. The van der Waals surface area contributed by atoms with Gasteiger partial charge in [0.25, 0.3) is 0 Å². The van der Waals surface area contributed by atoms with Crippen LogP contribution in [-0.2, 0) is 20.5 Å². The molecule has 5 rings (SSSR count). The van der Waals surface area contributed by atoms with Crippen molar-refractivity contribution in [2.75, 3.05) is 19.3 Å². The van der Waals surface area contributed by atoms with Crippen LogP contribution in [0.1, 0.15) is 70.8 Å². The van der Waals surface area contributed by atoms with Crippen LogP contribution in [-0.4, -0.2) is 49.2 Å². The molecule has 184 valence electrons. The van der Waals surface area contributed by atoms with E-state index in [-0.39, 0.29) is 17.1 Å². The van der Waals surface area contributed by atoms with Crippen molar-refractivity contribution < 1.29 is 27.8 Å². The van der Waals surface area contributed by atoms with Crippen LogP contribution >= 0.6 is 0 Å². The molecule has 33 heavy (non-hydrogen) atoms. The topological polar surface area (TPSA) is 98.9 Å². The van der Waals surface area contributed by atoms with E-state index in [2.05, 4.69) is 31.3 Å². The molecule has 1 saturated heterocycles. The van der Waals surface area contributed by atoms with Crippen molar-refractivity contribution in [1.29, 1.82) is 0 Å². The van der Waals surface area contributed by atoms with Crippen LogP contribution < -0.4 is 4.90 Å². The number of quaternary nitrogens is 1. The summed E-state index contributed by atoms with van der Waals surface area (Å²) in [5.74, 6) is 0.167. The summed E-state index contributed by atoms with van der Waals surface area (Å²) in [6.07, 6.45) is 7.87. The van der Waals surface area contributed by atoms with Gasteiger partial charge in [0.05, 0.1) is 35.5 Å². The maximum atomic E-state index is 11.8. The molecule has 0 radical (unpaired) electrons. The van der Waals surface area contributed by atoms with Gasteiger partial charge < -0.3 is 14.6 Å². The summed E-state index contributed by atoms with van der Waals surface area (Å²) >= 11 is 0. The van der Waals surface area contributed by atoms with E-state index in [0.29, 0.717) is 24.8 Å². The summed E-state index contributed by atoms with van der Waals surface area (Å²) in [7, 11) is -2.03. The van der Waals surface area contributed by atoms with Gasteiger partial charge in [0, 0.05) is 24.2 Å². The third-order valence-corrected chi connectivity index (χ3v) is 10.6. The molecule has 1 aromatic carbocycles. The molecule has 1 aliphatic heterocycles. The van der Waals surface area contributed by atoms with Gasteiger partial charge in [-0.05, 0) is 49.0 Å².